The summed E-state index contributed by atoms with van der Waals surface area (Å²) in [6.45, 7) is 18.8. The lowest BCUT2D eigenvalue weighted by Gasteiger charge is -2.17. The molecule has 0 aromatic heterocycles. The van der Waals surface area contributed by atoms with E-state index in [1.165, 1.54) is 17.4 Å². The first-order chi connectivity index (χ1) is 10.7. The molecule has 0 aliphatic rings. The molecule has 0 bridgehead atoms. The third-order valence-corrected chi connectivity index (χ3v) is 10.2. The number of unbranched alkanes of at least 4 members (excludes halogenated alkanes) is 1. The van der Waals surface area contributed by atoms with Gasteiger partial charge in [0.1, 0.15) is 0 Å². The number of hydrogen-bond donors (Lipinski definition) is 0. The van der Waals surface area contributed by atoms with Crippen LogP contribution in [0.3, 0.4) is 0 Å². The molecule has 0 N–H and O–H groups in total. The minimum Gasteiger partial charge on any atom is -0.186 e. The van der Waals surface area contributed by atoms with Crippen LogP contribution in [0, 0.1) is 17.8 Å². The zero-order valence-corrected chi connectivity index (χ0v) is 19.9. The van der Waals surface area contributed by atoms with Gasteiger partial charge in [-0.1, -0.05) is 102 Å². The third-order valence-electron chi connectivity index (χ3n) is 3.62. The van der Waals surface area contributed by atoms with Gasteiger partial charge in [-0.2, -0.15) is 9.59 Å². The molecule has 0 unspecified atom stereocenters. The molecule has 0 spiro atoms. The largest absolute Gasteiger partial charge is 0.373 e. The van der Waals surface area contributed by atoms with Crippen molar-refractivity contribution in [3.05, 3.63) is 0 Å². The van der Waals surface area contributed by atoms with E-state index in [0.717, 1.165) is 17.8 Å². The van der Waals surface area contributed by atoms with Crippen LogP contribution in [0.2, 0.25) is 24.9 Å². The van der Waals surface area contributed by atoms with E-state index in [-0.39, 0.29) is 6.15 Å². The molecule has 23 heavy (non-hydrogen) atoms. The number of hydrogen-bond acceptors (Lipinski definition) is 2. The topological polar surface area (TPSA) is 34.1 Å². The average molecular weight is 353 g/mol. The van der Waals surface area contributed by atoms with E-state index in [1.807, 2.05) is 0 Å². The monoisotopic (exact) mass is 352 g/mol. The van der Waals surface area contributed by atoms with Crippen LogP contribution >= 0.6 is 0 Å². The van der Waals surface area contributed by atoms with Crippen molar-refractivity contribution in [3.63, 3.8) is 0 Å². The minimum atomic E-state index is -0.407. The summed E-state index contributed by atoms with van der Waals surface area (Å²) in [7, 11) is 0. The van der Waals surface area contributed by atoms with E-state index in [9.17, 15) is 0 Å². The van der Waals surface area contributed by atoms with Crippen molar-refractivity contribution < 1.29 is 9.59 Å². The second kappa shape index (κ2) is 22.7. The summed E-state index contributed by atoms with van der Waals surface area (Å²) in [6.07, 6.45) is 3.13. The molecule has 0 amide bonds. The van der Waals surface area contributed by atoms with Gasteiger partial charge in [-0.3, -0.25) is 0 Å². The van der Waals surface area contributed by atoms with Crippen LogP contribution in [-0.4, -0.2) is 40.7 Å². The van der Waals surface area contributed by atoms with E-state index < -0.39 is 14.1 Å². The van der Waals surface area contributed by atoms with Crippen LogP contribution in [-0.2, 0) is 9.59 Å². The number of rotatable bonds is 10. The minimum absolute atomic E-state index is 0.250. The summed E-state index contributed by atoms with van der Waals surface area (Å²) >= 11 is 0.00330. The van der Waals surface area contributed by atoms with Gasteiger partial charge in [-0.05, 0) is 0 Å². The third kappa shape index (κ3) is 34.9. The normalized spacial score (nSPS) is 9.52. The summed E-state index contributed by atoms with van der Waals surface area (Å²) in [6, 6.07) is 0. The van der Waals surface area contributed by atoms with Gasteiger partial charge >= 0.3 is 26.5 Å². The Hall–Kier alpha value is 0.679. The van der Waals surface area contributed by atoms with Gasteiger partial charge in [-0.25, -0.2) is 0 Å². The quantitative estimate of drug-likeness (QED) is 0.346. The van der Waals surface area contributed by atoms with E-state index in [4.69, 9.17) is 9.59 Å². The highest BCUT2D eigenvalue weighted by Gasteiger charge is 2.20. The molecular weight excluding hydrogens is 311 g/mol. The fourth-order valence-corrected chi connectivity index (χ4v) is 8.90. The first-order valence-corrected chi connectivity index (χ1v) is 14.2. The highest BCUT2D eigenvalue weighted by atomic mass is 27.2. The Morgan fingerprint density at radius 1 is 0.826 bits per heavy atom. The number of carbonyl (C=O) groups excluding carboxylic acids is 2. The lowest BCUT2D eigenvalue weighted by atomic mass is 10.2. The van der Waals surface area contributed by atoms with Crippen LogP contribution in [0.15, 0.2) is 0 Å². The van der Waals surface area contributed by atoms with Crippen molar-refractivity contribution in [2.24, 2.45) is 17.8 Å². The van der Waals surface area contributed by atoms with Crippen LogP contribution < -0.4 is 0 Å². The van der Waals surface area contributed by atoms with Gasteiger partial charge in [0, 0.05) is 0 Å². The molecular formula is C19H41AlMgO2. The van der Waals surface area contributed by atoms with Crippen LogP contribution in [0.5, 0.6) is 0 Å². The van der Waals surface area contributed by atoms with Gasteiger partial charge in [0.05, 0.1) is 0 Å². The van der Waals surface area contributed by atoms with E-state index in [0.29, 0.717) is 20.4 Å². The smallest absolute Gasteiger partial charge is 0.186 e. The Morgan fingerprint density at radius 2 is 1.17 bits per heavy atom. The molecule has 0 aliphatic carbocycles. The lowest BCUT2D eigenvalue weighted by molar-refractivity contribution is -0.191. The first-order valence-electron chi connectivity index (χ1n) is 9.74. The molecule has 134 valence electrons. The Labute approximate surface area is 160 Å². The Balaban J connectivity index is -0.000000335. The van der Waals surface area contributed by atoms with Crippen LogP contribution in [0.1, 0.15) is 68.2 Å². The molecule has 2 nitrogen and oxygen atoms in total. The van der Waals surface area contributed by atoms with E-state index in [2.05, 4.69) is 55.4 Å². The molecule has 0 radical (unpaired) electrons. The Kier molecular flexibility index (Phi) is 28.1. The molecule has 0 fully saturated rings. The summed E-state index contributed by atoms with van der Waals surface area (Å²) in [5.41, 5.74) is 0. The Bertz CT molecular complexity index is 222. The van der Waals surface area contributed by atoms with Crippen molar-refractivity contribution in [1.82, 2.24) is 0 Å². The van der Waals surface area contributed by atoms with Crippen molar-refractivity contribution in [2.45, 2.75) is 93.2 Å². The van der Waals surface area contributed by atoms with Gasteiger partial charge < -0.3 is 0 Å². The summed E-state index contributed by atoms with van der Waals surface area (Å²) in [4.78, 5) is 16.2. The van der Waals surface area contributed by atoms with Crippen molar-refractivity contribution in [3.8, 4) is 0 Å². The second-order valence-electron chi connectivity index (χ2n) is 7.90. The molecule has 0 aromatic rings. The lowest BCUT2D eigenvalue weighted by Crippen LogP contribution is -2.19. The predicted octanol–water partition coefficient (Wildman–Crippen LogP) is 6.21. The maximum absolute atomic E-state index is 8.12. The van der Waals surface area contributed by atoms with Gasteiger partial charge in [0.15, 0.2) is 0 Å². The molecule has 0 aliphatic heterocycles. The highest BCUT2D eigenvalue weighted by molar-refractivity contribution is 6.58. The van der Waals surface area contributed by atoms with Crippen molar-refractivity contribution in [2.75, 3.05) is 0 Å². The molecule has 0 aromatic carbocycles. The standard InChI is InChI=1S/4C4H9.C2H5.CO2.Al.Mg/c3*1-4(2)3;1-3-4-2;1-2;2-1-3;;/h3*4H,1H2,2-3H3;1,3-4H2,2H3;1H2,2H3;;;. The second-order valence-corrected chi connectivity index (χ2v) is 13.5. The summed E-state index contributed by atoms with van der Waals surface area (Å²) in [5.74, 6) is 2.78. The van der Waals surface area contributed by atoms with Gasteiger partial charge in [0.25, 0.3) is 14.1 Å². The van der Waals surface area contributed by atoms with Crippen molar-refractivity contribution in [1.29, 1.82) is 0 Å². The van der Waals surface area contributed by atoms with Gasteiger partial charge in [0.2, 0.25) is 0 Å². The van der Waals surface area contributed by atoms with E-state index >= 15 is 0 Å². The highest BCUT2D eigenvalue weighted by Crippen LogP contribution is 2.20. The maximum atomic E-state index is 8.12. The van der Waals surface area contributed by atoms with Crippen LogP contribution in [0.4, 0.5) is 0 Å². The van der Waals surface area contributed by atoms with Crippen LogP contribution in [0.25, 0.3) is 0 Å². The molecule has 0 heterocycles. The predicted molar refractivity (Wildman–Crippen MR) is 106 cm³/mol. The van der Waals surface area contributed by atoms with Crippen molar-refractivity contribution >= 4 is 40.7 Å². The molecule has 4 heteroatoms. The maximum Gasteiger partial charge on any atom is 0.373 e. The average Bonchev–Trinajstić information content (AvgIpc) is 2.38. The summed E-state index contributed by atoms with van der Waals surface area (Å²) < 4.78 is 3.08. The van der Waals surface area contributed by atoms with E-state index in [1.54, 1.807) is 20.4 Å². The zero-order chi connectivity index (χ0) is 18.7. The van der Waals surface area contributed by atoms with Gasteiger partial charge in [-0.15, -0.1) is 9.10 Å². The molecule has 0 atom stereocenters. The summed E-state index contributed by atoms with van der Waals surface area (Å²) in [5, 5.41) is 4.66. The Morgan fingerprint density at radius 3 is 1.39 bits per heavy atom. The fraction of sp³-hybridized carbons (Fsp3) is 0.947. The SMILES string of the molecule is CC(C)[CH2][Al]([CH2]C(C)C)[CH2]C(C)C.CCC[CH2][Mg][CH2]C.O=C=O. The molecule has 0 rings (SSSR count). The molecule has 0 saturated carbocycles. The fourth-order valence-electron chi connectivity index (χ4n) is 2.97. The first kappa shape index (κ1) is 28.5. The zero-order valence-electron chi connectivity index (χ0n) is 17.3. The molecule has 0 saturated heterocycles.